The van der Waals surface area contributed by atoms with E-state index >= 15 is 0 Å². The van der Waals surface area contributed by atoms with Gasteiger partial charge in [0.2, 0.25) is 0 Å². The van der Waals surface area contributed by atoms with E-state index in [1.165, 1.54) is 6.42 Å². The van der Waals surface area contributed by atoms with Gasteiger partial charge in [-0.2, -0.15) is 0 Å². The van der Waals surface area contributed by atoms with Gasteiger partial charge >= 0.3 is 0 Å². The van der Waals surface area contributed by atoms with Crippen LogP contribution in [0.1, 0.15) is 44.3 Å². The number of unbranched alkanes of at least 4 members (excludes halogenated alkanes) is 2. The Bertz CT molecular complexity index is 278. The van der Waals surface area contributed by atoms with Crippen molar-refractivity contribution in [3.05, 3.63) is 29.0 Å². The summed E-state index contributed by atoms with van der Waals surface area (Å²) in [6.07, 6.45) is 5.41. The van der Waals surface area contributed by atoms with Gasteiger partial charge in [-0.15, -0.1) is 0 Å². The average Bonchev–Trinajstić information content (AvgIpc) is 2.18. The standard InChI is InChI=1S/C11H16ClNO/c1-2-3-4-5-10(14)9-6-7-13-11(12)8-9/h6-8,10,14H,2-5H2,1H3. The van der Waals surface area contributed by atoms with Crippen LogP contribution in [0.4, 0.5) is 0 Å². The third-order valence-electron chi connectivity index (χ3n) is 2.22. The molecule has 0 saturated heterocycles. The van der Waals surface area contributed by atoms with Gasteiger partial charge in [0.05, 0.1) is 6.10 Å². The van der Waals surface area contributed by atoms with Crippen LogP contribution in [-0.2, 0) is 0 Å². The van der Waals surface area contributed by atoms with Crippen molar-refractivity contribution in [2.75, 3.05) is 0 Å². The Morgan fingerprint density at radius 1 is 1.50 bits per heavy atom. The smallest absolute Gasteiger partial charge is 0.129 e. The van der Waals surface area contributed by atoms with Crippen LogP contribution in [0.2, 0.25) is 5.15 Å². The molecule has 1 aromatic rings. The number of aromatic nitrogens is 1. The van der Waals surface area contributed by atoms with E-state index in [0.717, 1.165) is 24.8 Å². The van der Waals surface area contributed by atoms with Crippen LogP contribution < -0.4 is 0 Å². The predicted octanol–water partition coefficient (Wildman–Crippen LogP) is 3.35. The fraction of sp³-hybridized carbons (Fsp3) is 0.545. The fourth-order valence-electron chi connectivity index (χ4n) is 1.38. The van der Waals surface area contributed by atoms with Gasteiger partial charge in [-0.05, 0) is 24.1 Å². The highest BCUT2D eigenvalue weighted by atomic mass is 35.5. The van der Waals surface area contributed by atoms with E-state index in [9.17, 15) is 5.11 Å². The Balaban J connectivity index is 2.47. The van der Waals surface area contributed by atoms with Crippen molar-refractivity contribution in [2.45, 2.75) is 38.7 Å². The van der Waals surface area contributed by atoms with Crippen LogP contribution in [-0.4, -0.2) is 10.1 Å². The monoisotopic (exact) mass is 213 g/mol. The van der Waals surface area contributed by atoms with Gasteiger partial charge < -0.3 is 5.11 Å². The first kappa shape index (κ1) is 11.5. The highest BCUT2D eigenvalue weighted by Crippen LogP contribution is 2.20. The molecule has 1 aromatic heterocycles. The number of aliphatic hydroxyl groups excluding tert-OH is 1. The molecule has 0 saturated carbocycles. The molecule has 0 radical (unpaired) electrons. The van der Waals surface area contributed by atoms with Gasteiger partial charge in [-0.25, -0.2) is 4.98 Å². The van der Waals surface area contributed by atoms with Gasteiger partial charge in [-0.3, -0.25) is 0 Å². The van der Waals surface area contributed by atoms with Crippen LogP contribution in [0, 0.1) is 0 Å². The first-order valence-corrected chi connectivity index (χ1v) is 5.41. The fourth-order valence-corrected chi connectivity index (χ4v) is 1.56. The molecule has 1 unspecified atom stereocenters. The lowest BCUT2D eigenvalue weighted by Gasteiger charge is -2.10. The van der Waals surface area contributed by atoms with Crippen molar-refractivity contribution in [2.24, 2.45) is 0 Å². The lowest BCUT2D eigenvalue weighted by molar-refractivity contribution is 0.163. The summed E-state index contributed by atoms with van der Waals surface area (Å²) >= 11 is 5.73. The Morgan fingerprint density at radius 2 is 2.29 bits per heavy atom. The first-order chi connectivity index (χ1) is 6.74. The molecule has 1 heterocycles. The van der Waals surface area contributed by atoms with Crippen molar-refractivity contribution in [1.82, 2.24) is 4.98 Å². The molecule has 0 fully saturated rings. The predicted molar refractivity (Wildman–Crippen MR) is 58.3 cm³/mol. The Kier molecular flexibility index (Phi) is 4.91. The summed E-state index contributed by atoms with van der Waals surface area (Å²) in [6, 6.07) is 3.53. The van der Waals surface area contributed by atoms with E-state index in [2.05, 4.69) is 11.9 Å². The lowest BCUT2D eigenvalue weighted by Crippen LogP contribution is -1.97. The molecular formula is C11H16ClNO. The zero-order valence-electron chi connectivity index (χ0n) is 8.41. The van der Waals surface area contributed by atoms with Crippen molar-refractivity contribution < 1.29 is 5.11 Å². The summed E-state index contributed by atoms with van der Waals surface area (Å²) in [6.45, 7) is 2.15. The molecule has 0 spiro atoms. The molecule has 2 nitrogen and oxygen atoms in total. The Labute approximate surface area is 89.9 Å². The maximum Gasteiger partial charge on any atom is 0.129 e. The summed E-state index contributed by atoms with van der Waals surface area (Å²) in [4.78, 5) is 3.87. The minimum Gasteiger partial charge on any atom is -0.388 e. The molecule has 78 valence electrons. The highest BCUT2D eigenvalue weighted by Gasteiger charge is 2.07. The number of aliphatic hydroxyl groups is 1. The van der Waals surface area contributed by atoms with Crippen LogP contribution in [0.3, 0.4) is 0 Å². The quantitative estimate of drug-likeness (QED) is 0.601. The molecule has 0 aliphatic rings. The second-order valence-corrected chi connectivity index (χ2v) is 3.81. The number of hydrogen-bond acceptors (Lipinski definition) is 2. The third kappa shape index (κ3) is 3.64. The van der Waals surface area contributed by atoms with Crippen molar-refractivity contribution in [3.63, 3.8) is 0 Å². The Morgan fingerprint density at radius 3 is 2.93 bits per heavy atom. The van der Waals surface area contributed by atoms with Gasteiger partial charge in [0.1, 0.15) is 5.15 Å². The van der Waals surface area contributed by atoms with E-state index in [0.29, 0.717) is 5.15 Å². The molecule has 1 rings (SSSR count). The lowest BCUT2D eigenvalue weighted by atomic mass is 10.0. The molecule has 1 N–H and O–H groups in total. The van der Waals surface area contributed by atoms with E-state index in [1.54, 1.807) is 12.3 Å². The third-order valence-corrected chi connectivity index (χ3v) is 2.42. The van der Waals surface area contributed by atoms with Gasteiger partial charge in [-0.1, -0.05) is 37.8 Å². The molecule has 1 atom stereocenters. The van der Waals surface area contributed by atoms with E-state index in [1.807, 2.05) is 6.07 Å². The summed E-state index contributed by atoms with van der Waals surface area (Å²) in [7, 11) is 0. The molecule has 3 heteroatoms. The Hall–Kier alpha value is -0.600. The second-order valence-electron chi connectivity index (χ2n) is 3.42. The topological polar surface area (TPSA) is 33.1 Å². The van der Waals surface area contributed by atoms with E-state index in [-0.39, 0.29) is 0 Å². The van der Waals surface area contributed by atoms with Crippen LogP contribution in [0.25, 0.3) is 0 Å². The van der Waals surface area contributed by atoms with Crippen molar-refractivity contribution in [1.29, 1.82) is 0 Å². The summed E-state index contributed by atoms with van der Waals surface area (Å²) in [5, 5.41) is 10.2. The number of pyridine rings is 1. The van der Waals surface area contributed by atoms with Gasteiger partial charge in [0.15, 0.2) is 0 Å². The minimum absolute atomic E-state index is 0.401. The summed E-state index contributed by atoms with van der Waals surface area (Å²) in [5.41, 5.74) is 0.862. The molecular weight excluding hydrogens is 198 g/mol. The maximum atomic E-state index is 9.79. The average molecular weight is 214 g/mol. The summed E-state index contributed by atoms with van der Waals surface area (Å²) in [5.74, 6) is 0. The van der Waals surface area contributed by atoms with Crippen molar-refractivity contribution >= 4 is 11.6 Å². The molecule has 0 aliphatic carbocycles. The minimum atomic E-state index is -0.401. The number of rotatable bonds is 5. The maximum absolute atomic E-state index is 9.79. The van der Waals surface area contributed by atoms with Crippen LogP contribution in [0.15, 0.2) is 18.3 Å². The van der Waals surface area contributed by atoms with Crippen LogP contribution >= 0.6 is 11.6 Å². The van der Waals surface area contributed by atoms with Gasteiger partial charge in [0.25, 0.3) is 0 Å². The normalized spacial score (nSPS) is 12.8. The zero-order valence-corrected chi connectivity index (χ0v) is 9.17. The largest absolute Gasteiger partial charge is 0.388 e. The number of halogens is 1. The highest BCUT2D eigenvalue weighted by molar-refractivity contribution is 6.29. The number of hydrogen-bond donors (Lipinski definition) is 1. The SMILES string of the molecule is CCCCCC(O)c1ccnc(Cl)c1. The van der Waals surface area contributed by atoms with Crippen molar-refractivity contribution in [3.8, 4) is 0 Å². The number of nitrogens with zero attached hydrogens (tertiary/aromatic N) is 1. The molecule has 0 aromatic carbocycles. The zero-order chi connectivity index (χ0) is 10.4. The summed E-state index contributed by atoms with van der Waals surface area (Å²) < 4.78 is 0. The second kappa shape index (κ2) is 5.99. The molecule has 14 heavy (non-hydrogen) atoms. The first-order valence-electron chi connectivity index (χ1n) is 5.03. The van der Waals surface area contributed by atoms with Gasteiger partial charge in [0, 0.05) is 6.20 Å². The molecule has 0 aliphatic heterocycles. The van der Waals surface area contributed by atoms with E-state index in [4.69, 9.17) is 11.6 Å². The molecule has 0 bridgehead atoms. The molecule has 0 amide bonds. The van der Waals surface area contributed by atoms with Crippen LogP contribution in [0.5, 0.6) is 0 Å². The van der Waals surface area contributed by atoms with E-state index < -0.39 is 6.10 Å².